The first-order valence-corrected chi connectivity index (χ1v) is 8.42. The van der Waals surface area contributed by atoms with Crippen molar-refractivity contribution in [2.24, 2.45) is 0 Å². The predicted octanol–water partition coefficient (Wildman–Crippen LogP) is 3.78. The zero-order valence-corrected chi connectivity index (χ0v) is 14.7. The number of hydrogen-bond donors (Lipinski definition) is 2. The quantitative estimate of drug-likeness (QED) is 0.695. The van der Waals surface area contributed by atoms with Crippen LogP contribution in [-0.2, 0) is 6.42 Å². The van der Waals surface area contributed by atoms with E-state index in [1.165, 1.54) is 18.2 Å². The molecule has 0 saturated carbocycles. The summed E-state index contributed by atoms with van der Waals surface area (Å²) in [5.74, 6) is -1.03. The second kappa shape index (κ2) is 8.35. The molecule has 0 bridgehead atoms. The molecule has 0 atom stereocenters. The topological polar surface area (TPSA) is 66.9 Å². The van der Waals surface area contributed by atoms with E-state index < -0.39 is 11.7 Å². The van der Waals surface area contributed by atoms with Crippen LogP contribution in [0.25, 0.3) is 0 Å². The molecule has 0 spiro atoms. The fourth-order valence-corrected chi connectivity index (χ4v) is 2.53. The van der Waals surface area contributed by atoms with Crippen molar-refractivity contribution in [3.8, 4) is 0 Å². The van der Waals surface area contributed by atoms with Crippen LogP contribution in [0.3, 0.4) is 0 Å². The minimum atomic E-state index is -0.446. The van der Waals surface area contributed by atoms with Crippen molar-refractivity contribution in [1.82, 2.24) is 15.3 Å². The van der Waals surface area contributed by atoms with Gasteiger partial charge in [-0.15, -0.1) is 0 Å². The van der Waals surface area contributed by atoms with Crippen LogP contribution in [0.2, 0.25) is 0 Å². The van der Waals surface area contributed by atoms with Gasteiger partial charge in [-0.3, -0.25) is 4.79 Å². The number of nitrogens with one attached hydrogen (secondary N) is 2. The summed E-state index contributed by atoms with van der Waals surface area (Å²) >= 11 is 0. The van der Waals surface area contributed by atoms with E-state index in [1.54, 1.807) is 43.3 Å². The van der Waals surface area contributed by atoms with Crippen LogP contribution in [0.15, 0.2) is 54.6 Å². The number of hydrogen-bond acceptors (Lipinski definition) is 4. The van der Waals surface area contributed by atoms with Gasteiger partial charge in [0, 0.05) is 12.2 Å². The molecule has 0 saturated heterocycles. The van der Waals surface area contributed by atoms with E-state index in [0.717, 1.165) is 0 Å². The fourth-order valence-electron chi connectivity index (χ4n) is 2.53. The Morgan fingerprint density at radius 2 is 1.70 bits per heavy atom. The van der Waals surface area contributed by atoms with Gasteiger partial charge in [0.1, 0.15) is 17.3 Å². The van der Waals surface area contributed by atoms with Gasteiger partial charge < -0.3 is 10.6 Å². The molecular formula is C20H18F2N4O. The Hall–Kier alpha value is -3.35. The Bertz CT molecular complexity index is 962. The molecule has 1 aromatic heterocycles. The Morgan fingerprint density at radius 3 is 2.44 bits per heavy atom. The first-order valence-electron chi connectivity index (χ1n) is 8.42. The Balaban J connectivity index is 1.67. The SMILES string of the molecule is Cc1cc(C(=O)NCCc2ccccc2F)nc(Nc2ccccc2F)n1. The van der Waals surface area contributed by atoms with Gasteiger partial charge in [0.15, 0.2) is 0 Å². The molecule has 0 aliphatic carbocycles. The average Bonchev–Trinajstić information content (AvgIpc) is 2.64. The van der Waals surface area contributed by atoms with Crippen LogP contribution in [0, 0.1) is 18.6 Å². The smallest absolute Gasteiger partial charge is 0.270 e. The third kappa shape index (κ3) is 4.84. The molecule has 0 radical (unpaired) electrons. The monoisotopic (exact) mass is 368 g/mol. The molecule has 5 nitrogen and oxygen atoms in total. The average molecular weight is 368 g/mol. The zero-order chi connectivity index (χ0) is 19.2. The molecule has 1 amide bonds. The van der Waals surface area contributed by atoms with Crippen LogP contribution in [0.5, 0.6) is 0 Å². The third-order valence-corrected chi connectivity index (χ3v) is 3.84. The molecular weight excluding hydrogens is 350 g/mol. The van der Waals surface area contributed by atoms with Crippen LogP contribution in [0.1, 0.15) is 21.7 Å². The molecule has 2 aromatic carbocycles. The minimum absolute atomic E-state index is 0.124. The molecule has 0 aliphatic rings. The van der Waals surface area contributed by atoms with Crippen molar-refractivity contribution in [2.75, 3.05) is 11.9 Å². The highest BCUT2D eigenvalue weighted by Crippen LogP contribution is 2.17. The number of carbonyl (C=O) groups excluding carboxylic acids is 1. The number of rotatable bonds is 6. The highest BCUT2D eigenvalue weighted by molar-refractivity contribution is 5.92. The Labute approximate surface area is 155 Å². The summed E-state index contributed by atoms with van der Waals surface area (Å²) in [5, 5.41) is 5.48. The fraction of sp³-hybridized carbons (Fsp3) is 0.150. The molecule has 1 heterocycles. The predicted molar refractivity (Wildman–Crippen MR) is 98.9 cm³/mol. The number of carbonyl (C=O) groups is 1. The summed E-state index contributed by atoms with van der Waals surface area (Å²) in [6.07, 6.45) is 0.364. The van der Waals surface area contributed by atoms with Crippen molar-refractivity contribution in [1.29, 1.82) is 0 Å². The lowest BCUT2D eigenvalue weighted by molar-refractivity contribution is 0.0949. The van der Waals surface area contributed by atoms with E-state index in [1.807, 2.05) is 0 Å². The first kappa shape index (κ1) is 18.4. The number of para-hydroxylation sites is 1. The summed E-state index contributed by atoms with van der Waals surface area (Å²) in [6.45, 7) is 1.98. The summed E-state index contributed by atoms with van der Waals surface area (Å²) < 4.78 is 27.4. The molecule has 0 aliphatic heterocycles. The van der Waals surface area contributed by atoms with Crippen LogP contribution >= 0.6 is 0 Å². The van der Waals surface area contributed by atoms with Gasteiger partial charge in [-0.25, -0.2) is 18.7 Å². The Kier molecular flexibility index (Phi) is 5.71. The lowest BCUT2D eigenvalue weighted by atomic mass is 10.1. The lowest BCUT2D eigenvalue weighted by Crippen LogP contribution is -2.27. The minimum Gasteiger partial charge on any atom is -0.350 e. The number of aromatic nitrogens is 2. The zero-order valence-electron chi connectivity index (χ0n) is 14.7. The van der Waals surface area contributed by atoms with Crippen molar-refractivity contribution in [2.45, 2.75) is 13.3 Å². The van der Waals surface area contributed by atoms with E-state index in [0.29, 0.717) is 17.7 Å². The standard InChI is InChI=1S/C20H18F2N4O/c1-13-12-18(19(27)23-11-10-14-6-2-3-7-15(14)21)26-20(24-13)25-17-9-5-4-8-16(17)22/h2-9,12H,10-11H2,1H3,(H,23,27)(H,24,25,26). The third-order valence-electron chi connectivity index (χ3n) is 3.84. The van der Waals surface area contributed by atoms with Crippen molar-refractivity contribution < 1.29 is 13.6 Å². The number of anilines is 2. The van der Waals surface area contributed by atoms with E-state index in [9.17, 15) is 13.6 Å². The maximum absolute atomic E-state index is 13.8. The maximum atomic E-state index is 13.8. The number of halogens is 2. The van der Waals surface area contributed by atoms with Gasteiger partial charge in [-0.1, -0.05) is 30.3 Å². The van der Waals surface area contributed by atoms with Crippen LogP contribution < -0.4 is 10.6 Å². The summed E-state index contributed by atoms with van der Waals surface area (Å²) in [4.78, 5) is 20.7. The molecule has 3 aromatic rings. The van der Waals surface area contributed by atoms with Gasteiger partial charge in [0.05, 0.1) is 5.69 Å². The number of amides is 1. The number of benzene rings is 2. The van der Waals surface area contributed by atoms with Crippen LogP contribution in [-0.4, -0.2) is 22.4 Å². The Morgan fingerprint density at radius 1 is 1.00 bits per heavy atom. The van der Waals surface area contributed by atoms with Gasteiger partial charge in [0.25, 0.3) is 5.91 Å². The van der Waals surface area contributed by atoms with Gasteiger partial charge in [0.2, 0.25) is 5.95 Å². The molecule has 2 N–H and O–H groups in total. The lowest BCUT2D eigenvalue weighted by Gasteiger charge is -2.09. The van der Waals surface area contributed by atoms with E-state index >= 15 is 0 Å². The highest BCUT2D eigenvalue weighted by atomic mass is 19.1. The number of aryl methyl sites for hydroxylation is 1. The highest BCUT2D eigenvalue weighted by Gasteiger charge is 2.12. The first-order chi connectivity index (χ1) is 13.0. The molecule has 7 heteroatoms. The van der Waals surface area contributed by atoms with Crippen LogP contribution in [0.4, 0.5) is 20.4 Å². The molecule has 3 rings (SSSR count). The van der Waals surface area contributed by atoms with Gasteiger partial charge >= 0.3 is 0 Å². The summed E-state index contributed by atoms with van der Waals surface area (Å²) in [5.41, 5.74) is 1.45. The van der Waals surface area contributed by atoms with Gasteiger partial charge in [-0.05, 0) is 43.2 Å². The summed E-state index contributed by atoms with van der Waals surface area (Å²) in [6, 6.07) is 14.1. The second-order valence-electron chi connectivity index (χ2n) is 5.92. The van der Waals surface area contributed by atoms with Crippen molar-refractivity contribution in [3.63, 3.8) is 0 Å². The number of nitrogens with zero attached hydrogens (tertiary/aromatic N) is 2. The molecule has 138 valence electrons. The molecule has 27 heavy (non-hydrogen) atoms. The van der Waals surface area contributed by atoms with E-state index in [-0.39, 0.29) is 29.7 Å². The molecule has 0 unspecified atom stereocenters. The van der Waals surface area contributed by atoms with Crippen molar-refractivity contribution in [3.05, 3.63) is 83.2 Å². The van der Waals surface area contributed by atoms with Crippen molar-refractivity contribution >= 4 is 17.5 Å². The second-order valence-corrected chi connectivity index (χ2v) is 5.92. The summed E-state index contributed by atoms with van der Waals surface area (Å²) in [7, 11) is 0. The van der Waals surface area contributed by atoms with E-state index in [2.05, 4.69) is 20.6 Å². The normalized spacial score (nSPS) is 10.5. The largest absolute Gasteiger partial charge is 0.350 e. The van der Waals surface area contributed by atoms with E-state index in [4.69, 9.17) is 0 Å². The molecule has 0 fully saturated rings. The maximum Gasteiger partial charge on any atom is 0.270 e. The van der Waals surface area contributed by atoms with Gasteiger partial charge in [-0.2, -0.15) is 0 Å².